The van der Waals surface area contributed by atoms with Crippen molar-refractivity contribution in [3.8, 4) is 0 Å². The minimum Gasteiger partial charge on any atom is -0.394 e. The van der Waals surface area contributed by atoms with Gasteiger partial charge in [0, 0.05) is 0 Å². The fraction of sp³-hybridized carbons (Fsp3) is 0.981. The average Bonchev–Trinajstić information content (AvgIpc) is 3.36. The van der Waals surface area contributed by atoms with Crippen LogP contribution in [-0.4, -0.2) is 163 Å². The standard InChI is InChI=1S/C54H105NO15/c1-3-5-7-9-11-13-15-17-18-19-20-21-22-23-24-26-28-30-32-34-36-42(59)52(66)55-40(45(60)41(58)35-33-31-29-27-25-16-14-12-10-8-6-4-2)39-67-54-51(49(64)47(62)44(38-57)69-54)70-53-50(65)48(63)46(61)43(37-56)68-53/h40-51,53-54,56-65H,3-39H2,1-2H3,(H,55,66)/t40-,41+,42+,43+,44+,45-,46+,47-,48-,49-,50+,51+,53+,54-/m0/s1. The monoisotopic (exact) mass is 1010 g/mol. The largest absolute Gasteiger partial charge is 0.394 e. The van der Waals surface area contributed by atoms with Crippen molar-refractivity contribution in [3.63, 3.8) is 0 Å². The molecule has 2 fully saturated rings. The van der Waals surface area contributed by atoms with Crippen molar-refractivity contribution in [2.45, 2.75) is 318 Å². The number of amides is 1. The van der Waals surface area contributed by atoms with E-state index >= 15 is 0 Å². The van der Waals surface area contributed by atoms with Crippen molar-refractivity contribution in [1.82, 2.24) is 5.32 Å². The molecule has 0 radical (unpaired) electrons. The van der Waals surface area contributed by atoms with E-state index in [1.54, 1.807) is 0 Å². The van der Waals surface area contributed by atoms with Crippen LogP contribution in [-0.2, 0) is 23.7 Å². The summed E-state index contributed by atoms with van der Waals surface area (Å²) in [6, 6.07) is -1.31. The zero-order chi connectivity index (χ0) is 51.4. The van der Waals surface area contributed by atoms with E-state index in [-0.39, 0.29) is 12.8 Å². The van der Waals surface area contributed by atoms with Crippen molar-refractivity contribution in [3.05, 3.63) is 0 Å². The molecule has 2 rings (SSSR count). The highest BCUT2D eigenvalue weighted by Crippen LogP contribution is 2.30. The van der Waals surface area contributed by atoms with Crippen LogP contribution in [0.4, 0.5) is 0 Å². The summed E-state index contributed by atoms with van der Waals surface area (Å²) in [5, 5.41) is 109. The number of aliphatic hydroxyl groups is 10. The van der Waals surface area contributed by atoms with Gasteiger partial charge in [-0.2, -0.15) is 0 Å². The Balaban J connectivity index is 1.89. The molecule has 0 aromatic carbocycles. The Bertz CT molecular complexity index is 1220. The maximum atomic E-state index is 13.4. The number of rotatable bonds is 45. The van der Waals surface area contributed by atoms with Gasteiger partial charge in [-0.3, -0.25) is 4.79 Å². The number of carbonyl (C=O) groups excluding carboxylic acids is 1. The van der Waals surface area contributed by atoms with Gasteiger partial charge in [0.1, 0.15) is 61.0 Å². The van der Waals surface area contributed by atoms with Crippen molar-refractivity contribution in [2.24, 2.45) is 0 Å². The van der Waals surface area contributed by atoms with Gasteiger partial charge in [0.05, 0.1) is 32.0 Å². The van der Waals surface area contributed by atoms with Crippen LogP contribution < -0.4 is 5.32 Å². The fourth-order valence-corrected chi connectivity index (χ4v) is 9.73. The summed E-state index contributed by atoms with van der Waals surface area (Å²) >= 11 is 0. The Kier molecular flexibility index (Phi) is 38.3. The molecule has 0 spiro atoms. The normalized spacial score (nSPS) is 26.8. The van der Waals surface area contributed by atoms with Gasteiger partial charge < -0.3 is 75.3 Å². The Labute approximate surface area is 422 Å². The van der Waals surface area contributed by atoms with Crippen LogP contribution in [0.15, 0.2) is 0 Å². The topological polar surface area (TPSA) is 268 Å². The molecule has 1 amide bonds. The summed E-state index contributed by atoms with van der Waals surface area (Å²) in [5.74, 6) is -0.773. The van der Waals surface area contributed by atoms with Gasteiger partial charge in [-0.05, 0) is 12.8 Å². The minimum atomic E-state index is -1.87. The summed E-state index contributed by atoms with van der Waals surface area (Å²) in [4.78, 5) is 13.4. The van der Waals surface area contributed by atoms with Crippen molar-refractivity contribution in [1.29, 1.82) is 0 Å². The second kappa shape index (κ2) is 41.2. The van der Waals surface area contributed by atoms with Gasteiger partial charge >= 0.3 is 0 Å². The lowest BCUT2D eigenvalue weighted by molar-refractivity contribution is -0.368. The third-order valence-corrected chi connectivity index (χ3v) is 14.5. The lowest BCUT2D eigenvalue weighted by Crippen LogP contribution is -2.65. The SMILES string of the molecule is CCCCCCCCCCCCCCCCCCCCCC[C@@H](O)C(=O)N[C@@H](CO[C@H]1O[C@H](CO)[C@H](O)[C@H](O)[C@H]1O[C@H]1O[C@H](CO)[C@@H](O)[C@H](O)[C@H]1O)[C@H](O)[C@H](O)CCCCCCCCCCCCCC. The zero-order valence-corrected chi connectivity index (χ0v) is 43.8. The van der Waals surface area contributed by atoms with Crippen LogP contribution in [0.3, 0.4) is 0 Å². The lowest BCUT2D eigenvalue weighted by atomic mass is 9.97. The smallest absolute Gasteiger partial charge is 0.249 e. The molecule has 0 aliphatic carbocycles. The van der Waals surface area contributed by atoms with Crippen LogP contribution in [0.2, 0.25) is 0 Å². The van der Waals surface area contributed by atoms with Gasteiger partial charge in [-0.1, -0.05) is 219 Å². The predicted octanol–water partition coefficient (Wildman–Crippen LogP) is 6.50. The molecule has 0 saturated carbocycles. The first-order valence-electron chi connectivity index (χ1n) is 28.5. The first kappa shape index (κ1) is 65.0. The van der Waals surface area contributed by atoms with Gasteiger partial charge in [-0.25, -0.2) is 0 Å². The van der Waals surface area contributed by atoms with E-state index in [4.69, 9.17) is 18.9 Å². The lowest BCUT2D eigenvalue weighted by Gasteiger charge is -2.46. The Hall–Kier alpha value is -1.09. The van der Waals surface area contributed by atoms with E-state index < -0.39 is 111 Å². The molecule has 11 N–H and O–H groups in total. The van der Waals surface area contributed by atoms with Crippen LogP contribution in [0.1, 0.15) is 232 Å². The van der Waals surface area contributed by atoms with E-state index in [2.05, 4.69) is 19.2 Å². The first-order valence-corrected chi connectivity index (χ1v) is 28.5. The number of unbranched alkanes of at least 4 members (excludes halogenated alkanes) is 30. The predicted molar refractivity (Wildman–Crippen MR) is 271 cm³/mol. The van der Waals surface area contributed by atoms with E-state index in [0.717, 1.165) is 51.4 Å². The quantitative estimate of drug-likeness (QED) is 0.0291. The molecule has 70 heavy (non-hydrogen) atoms. The summed E-state index contributed by atoms with van der Waals surface area (Å²) in [6.45, 7) is 2.41. The molecule has 0 aromatic rings. The summed E-state index contributed by atoms with van der Waals surface area (Å²) in [5.41, 5.74) is 0. The maximum absolute atomic E-state index is 13.4. The molecule has 2 aliphatic rings. The summed E-state index contributed by atoms with van der Waals surface area (Å²) in [6.07, 6.45) is 17.8. The first-order chi connectivity index (χ1) is 33.9. The highest BCUT2D eigenvalue weighted by molar-refractivity contribution is 5.80. The maximum Gasteiger partial charge on any atom is 0.249 e. The molecule has 16 nitrogen and oxygen atoms in total. The fourth-order valence-electron chi connectivity index (χ4n) is 9.73. The second-order valence-electron chi connectivity index (χ2n) is 20.7. The van der Waals surface area contributed by atoms with E-state index in [0.29, 0.717) is 12.8 Å². The second-order valence-corrected chi connectivity index (χ2v) is 20.7. The Morgan fingerprint density at radius 3 is 1.23 bits per heavy atom. The molecule has 2 saturated heterocycles. The van der Waals surface area contributed by atoms with Crippen molar-refractivity contribution >= 4 is 5.91 Å². The third-order valence-electron chi connectivity index (χ3n) is 14.5. The van der Waals surface area contributed by atoms with E-state index in [1.807, 2.05) is 0 Å². The van der Waals surface area contributed by atoms with Crippen molar-refractivity contribution in [2.75, 3.05) is 19.8 Å². The number of carbonyl (C=O) groups is 1. The molecule has 0 aromatic heterocycles. The number of aliphatic hydroxyl groups excluding tert-OH is 10. The van der Waals surface area contributed by atoms with Gasteiger partial charge in [0.15, 0.2) is 12.6 Å². The number of hydrogen-bond acceptors (Lipinski definition) is 15. The van der Waals surface area contributed by atoms with Crippen LogP contribution >= 0.6 is 0 Å². The summed E-state index contributed by atoms with van der Waals surface area (Å²) < 4.78 is 22.9. The third kappa shape index (κ3) is 26.9. The molecular formula is C54H105NO15. The summed E-state index contributed by atoms with van der Waals surface area (Å²) in [7, 11) is 0. The van der Waals surface area contributed by atoms with E-state index in [9.17, 15) is 55.9 Å². The number of hydrogen-bond donors (Lipinski definition) is 11. The van der Waals surface area contributed by atoms with E-state index in [1.165, 1.54) is 141 Å². The van der Waals surface area contributed by atoms with Gasteiger partial charge in [0.2, 0.25) is 5.91 Å². The number of ether oxygens (including phenoxy) is 4. The van der Waals surface area contributed by atoms with Crippen LogP contribution in [0, 0.1) is 0 Å². The number of nitrogens with one attached hydrogen (secondary N) is 1. The molecule has 2 heterocycles. The molecule has 2 aliphatic heterocycles. The Morgan fingerprint density at radius 1 is 0.471 bits per heavy atom. The highest BCUT2D eigenvalue weighted by Gasteiger charge is 2.51. The zero-order valence-electron chi connectivity index (χ0n) is 43.8. The van der Waals surface area contributed by atoms with Crippen LogP contribution in [0.25, 0.3) is 0 Å². The van der Waals surface area contributed by atoms with Gasteiger partial charge in [0.25, 0.3) is 0 Å². The minimum absolute atomic E-state index is 0.193. The molecule has 416 valence electrons. The van der Waals surface area contributed by atoms with Crippen molar-refractivity contribution < 1.29 is 74.8 Å². The van der Waals surface area contributed by atoms with Crippen LogP contribution in [0.5, 0.6) is 0 Å². The molecular weight excluding hydrogens is 903 g/mol. The van der Waals surface area contributed by atoms with Gasteiger partial charge in [-0.15, -0.1) is 0 Å². The average molecular weight is 1010 g/mol. The molecule has 0 unspecified atom stereocenters. The highest BCUT2D eigenvalue weighted by atomic mass is 16.8. The molecule has 0 bridgehead atoms. The molecule has 16 heteroatoms. The Morgan fingerprint density at radius 2 is 0.829 bits per heavy atom. The molecule has 14 atom stereocenters.